The summed E-state index contributed by atoms with van der Waals surface area (Å²) in [6.07, 6.45) is 3.10. The van der Waals surface area contributed by atoms with Crippen LogP contribution in [-0.2, 0) is 0 Å². The molecule has 0 saturated heterocycles. The fourth-order valence-corrected chi connectivity index (χ4v) is 3.61. The molecule has 0 aliphatic rings. The van der Waals surface area contributed by atoms with E-state index in [1.165, 1.54) is 18.5 Å². The van der Waals surface area contributed by atoms with E-state index in [0.29, 0.717) is 34.3 Å². The van der Waals surface area contributed by atoms with Gasteiger partial charge in [-0.2, -0.15) is 5.10 Å². The average Bonchev–Trinajstić information content (AvgIpc) is 3.54. The van der Waals surface area contributed by atoms with Gasteiger partial charge in [0.05, 0.1) is 17.3 Å². The van der Waals surface area contributed by atoms with Crippen LogP contribution in [0, 0.1) is 5.82 Å². The molecule has 6 rings (SSSR count). The summed E-state index contributed by atoms with van der Waals surface area (Å²) in [5.41, 5.74) is 3.63. The minimum absolute atomic E-state index is 0.342. The first-order valence-electron chi connectivity index (χ1n) is 10.5. The molecule has 0 saturated carbocycles. The van der Waals surface area contributed by atoms with Crippen LogP contribution in [-0.4, -0.2) is 29.9 Å². The molecule has 0 bridgehead atoms. The van der Waals surface area contributed by atoms with E-state index < -0.39 is 0 Å². The maximum atomic E-state index is 13.7. The third kappa shape index (κ3) is 3.65. The van der Waals surface area contributed by atoms with Crippen LogP contribution in [0.2, 0.25) is 0 Å². The Kier molecular flexibility index (Phi) is 4.77. The Bertz CT molecular complexity index is 1590. The zero-order chi connectivity index (χ0) is 22.9. The van der Waals surface area contributed by atoms with Crippen molar-refractivity contribution in [1.82, 2.24) is 29.9 Å². The lowest BCUT2D eigenvalue weighted by Gasteiger charge is -2.07. The van der Waals surface area contributed by atoms with Crippen LogP contribution >= 0.6 is 0 Å². The second-order valence-electron chi connectivity index (χ2n) is 7.48. The monoisotopic (exact) mass is 449 g/mol. The quantitative estimate of drug-likeness (QED) is 0.376. The molecule has 0 radical (unpaired) electrons. The van der Waals surface area contributed by atoms with E-state index in [4.69, 9.17) is 4.42 Å². The van der Waals surface area contributed by atoms with Crippen LogP contribution in [0.5, 0.6) is 0 Å². The maximum absolute atomic E-state index is 13.7. The SMILES string of the molecule is Fc1cccc(-n2ncc3c(Nc4ccc(-c5nnc(-c6ccccc6)o5)cc4)ncnc32)c1. The first-order chi connectivity index (χ1) is 16.7. The fourth-order valence-electron chi connectivity index (χ4n) is 3.61. The van der Waals surface area contributed by atoms with E-state index in [-0.39, 0.29) is 5.82 Å². The minimum Gasteiger partial charge on any atom is -0.416 e. The van der Waals surface area contributed by atoms with Crippen LogP contribution in [0.3, 0.4) is 0 Å². The Morgan fingerprint density at radius 1 is 0.794 bits per heavy atom. The molecule has 3 heterocycles. The highest BCUT2D eigenvalue weighted by Crippen LogP contribution is 2.28. The summed E-state index contributed by atoms with van der Waals surface area (Å²) >= 11 is 0. The van der Waals surface area contributed by atoms with Crippen LogP contribution in [0.15, 0.2) is 95.8 Å². The normalized spacial score (nSPS) is 11.1. The van der Waals surface area contributed by atoms with E-state index in [9.17, 15) is 4.39 Å². The molecule has 3 aromatic heterocycles. The molecule has 164 valence electrons. The number of nitrogens with one attached hydrogen (secondary N) is 1. The molecule has 8 nitrogen and oxygen atoms in total. The number of hydrogen-bond acceptors (Lipinski definition) is 7. The molecule has 0 fully saturated rings. The van der Waals surface area contributed by atoms with Gasteiger partial charge in [0.1, 0.15) is 18.0 Å². The highest BCUT2D eigenvalue weighted by atomic mass is 19.1. The van der Waals surface area contributed by atoms with Gasteiger partial charge in [-0.25, -0.2) is 19.0 Å². The lowest BCUT2D eigenvalue weighted by atomic mass is 10.2. The second-order valence-corrected chi connectivity index (χ2v) is 7.48. The van der Waals surface area contributed by atoms with Crippen molar-refractivity contribution in [3.8, 4) is 28.6 Å². The Morgan fingerprint density at radius 3 is 2.32 bits per heavy atom. The Hall–Kier alpha value is -4.92. The van der Waals surface area contributed by atoms with Gasteiger partial charge < -0.3 is 9.73 Å². The number of nitrogens with zero attached hydrogens (tertiary/aromatic N) is 6. The summed E-state index contributed by atoms with van der Waals surface area (Å²) in [7, 11) is 0. The molecule has 34 heavy (non-hydrogen) atoms. The lowest BCUT2D eigenvalue weighted by molar-refractivity contribution is 0.584. The van der Waals surface area contributed by atoms with Crippen LogP contribution in [0.4, 0.5) is 15.9 Å². The zero-order valence-corrected chi connectivity index (χ0v) is 17.6. The van der Waals surface area contributed by atoms with Gasteiger partial charge in [0.2, 0.25) is 11.8 Å². The van der Waals surface area contributed by atoms with Crippen molar-refractivity contribution in [2.75, 3.05) is 5.32 Å². The number of halogens is 1. The predicted molar refractivity (Wildman–Crippen MR) is 125 cm³/mol. The van der Waals surface area contributed by atoms with Crippen LogP contribution in [0.25, 0.3) is 39.6 Å². The Labute approximate surface area is 192 Å². The van der Waals surface area contributed by atoms with E-state index in [1.54, 1.807) is 23.0 Å². The number of hydrogen-bond donors (Lipinski definition) is 1. The maximum Gasteiger partial charge on any atom is 0.248 e. The molecule has 0 spiro atoms. The number of benzene rings is 3. The largest absolute Gasteiger partial charge is 0.416 e. The van der Waals surface area contributed by atoms with E-state index >= 15 is 0 Å². The van der Waals surface area contributed by atoms with Crippen molar-refractivity contribution in [3.05, 3.63) is 97.2 Å². The van der Waals surface area contributed by atoms with Crippen molar-refractivity contribution in [2.24, 2.45) is 0 Å². The Balaban J connectivity index is 1.26. The molecule has 0 aliphatic carbocycles. The van der Waals surface area contributed by atoms with Gasteiger partial charge in [-0.15, -0.1) is 10.2 Å². The third-order valence-corrected chi connectivity index (χ3v) is 5.26. The standard InChI is InChI=1S/C25H16FN7O/c26-18-7-4-8-20(13-18)33-23-21(14-29-33)22(27-15-28-23)30-19-11-9-17(10-12-19)25-32-31-24(34-25)16-5-2-1-3-6-16/h1-15H,(H,27,28,30). The van der Waals surface area contributed by atoms with E-state index in [0.717, 1.165) is 16.8 Å². The molecular formula is C25H16FN7O. The van der Waals surface area contributed by atoms with Gasteiger partial charge in [-0.05, 0) is 54.6 Å². The first-order valence-corrected chi connectivity index (χ1v) is 10.5. The fraction of sp³-hybridized carbons (Fsp3) is 0. The topological polar surface area (TPSA) is 94.6 Å². The number of aromatic nitrogens is 6. The van der Waals surface area contributed by atoms with Gasteiger partial charge >= 0.3 is 0 Å². The predicted octanol–water partition coefficient (Wildman–Crippen LogP) is 5.42. The van der Waals surface area contributed by atoms with Crippen molar-refractivity contribution >= 4 is 22.5 Å². The second kappa shape index (κ2) is 8.21. The van der Waals surface area contributed by atoms with Gasteiger partial charge in [-0.1, -0.05) is 24.3 Å². The van der Waals surface area contributed by atoms with Crippen molar-refractivity contribution < 1.29 is 8.81 Å². The summed E-state index contributed by atoms with van der Waals surface area (Å²) in [4.78, 5) is 8.68. The van der Waals surface area contributed by atoms with Gasteiger partial charge in [0.25, 0.3) is 0 Å². The molecule has 0 aliphatic heterocycles. The highest BCUT2D eigenvalue weighted by Gasteiger charge is 2.13. The number of anilines is 2. The molecule has 0 atom stereocenters. The number of fused-ring (bicyclic) bond motifs is 1. The van der Waals surface area contributed by atoms with Gasteiger partial charge in [0, 0.05) is 16.8 Å². The van der Waals surface area contributed by atoms with Crippen molar-refractivity contribution in [2.45, 2.75) is 0 Å². The molecule has 0 amide bonds. The zero-order valence-electron chi connectivity index (χ0n) is 17.6. The molecular weight excluding hydrogens is 433 g/mol. The molecule has 0 unspecified atom stereocenters. The van der Waals surface area contributed by atoms with E-state index in [1.807, 2.05) is 54.6 Å². The molecule has 6 aromatic rings. The number of rotatable bonds is 5. The van der Waals surface area contributed by atoms with Crippen molar-refractivity contribution in [1.29, 1.82) is 0 Å². The summed E-state index contributed by atoms with van der Waals surface area (Å²) in [5.74, 6) is 1.15. The summed E-state index contributed by atoms with van der Waals surface area (Å²) in [6.45, 7) is 0. The first kappa shape index (κ1) is 19.7. The van der Waals surface area contributed by atoms with Gasteiger partial charge in [0.15, 0.2) is 5.65 Å². The van der Waals surface area contributed by atoms with Crippen molar-refractivity contribution in [3.63, 3.8) is 0 Å². The molecule has 9 heteroatoms. The molecule has 3 aromatic carbocycles. The molecule has 1 N–H and O–H groups in total. The van der Waals surface area contributed by atoms with Crippen LogP contribution < -0.4 is 5.32 Å². The third-order valence-electron chi connectivity index (χ3n) is 5.26. The average molecular weight is 449 g/mol. The van der Waals surface area contributed by atoms with Crippen LogP contribution in [0.1, 0.15) is 0 Å². The summed E-state index contributed by atoms with van der Waals surface area (Å²) < 4.78 is 21.1. The minimum atomic E-state index is -0.342. The summed E-state index contributed by atoms with van der Waals surface area (Å²) in [6, 6.07) is 23.4. The summed E-state index contributed by atoms with van der Waals surface area (Å²) in [5, 5.41) is 16.7. The Morgan fingerprint density at radius 2 is 1.56 bits per heavy atom. The smallest absolute Gasteiger partial charge is 0.248 e. The lowest BCUT2D eigenvalue weighted by Crippen LogP contribution is -2.00. The van der Waals surface area contributed by atoms with E-state index in [2.05, 4.69) is 30.6 Å². The highest BCUT2D eigenvalue weighted by molar-refractivity contribution is 5.89. The van der Waals surface area contributed by atoms with Gasteiger partial charge in [-0.3, -0.25) is 0 Å².